The van der Waals surface area contributed by atoms with Crippen molar-refractivity contribution in [2.75, 3.05) is 51.1 Å². The van der Waals surface area contributed by atoms with E-state index in [2.05, 4.69) is 28.4 Å². The number of para-hydroxylation sites is 1. The number of methoxy groups -OCH3 is 2. The average molecular weight is 639 g/mol. The Morgan fingerprint density at radius 1 is 0.979 bits per heavy atom. The number of aromatic hydroxyl groups is 1. The molecule has 2 bridgehead atoms. The summed E-state index contributed by atoms with van der Waals surface area (Å²) in [6, 6.07) is 7.16. The minimum absolute atomic E-state index is 0.0330. The first-order valence-electron chi connectivity index (χ1n) is 16.8. The fourth-order valence-corrected chi connectivity index (χ4v) is 11.9. The Labute approximate surface area is 272 Å². The summed E-state index contributed by atoms with van der Waals surface area (Å²) in [4.78, 5) is 48.4. The number of rotatable bonds is 3. The Hall–Kier alpha value is -4.09. The third-order valence-electron chi connectivity index (χ3n) is 13.5. The number of piperidine rings is 2. The van der Waals surface area contributed by atoms with Crippen molar-refractivity contribution >= 4 is 29.0 Å². The molecule has 2 N–H and O–H groups in total. The van der Waals surface area contributed by atoms with E-state index in [9.17, 15) is 14.7 Å². The Morgan fingerprint density at radius 2 is 1.81 bits per heavy atom. The van der Waals surface area contributed by atoms with Gasteiger partial charge in [-0.15, -0.1) is 0 Å². The average Bonchev–Trinajstić information content (AvgIpc) is 3.78. The number of phenolic OH excluding ortho intramolecular Hbond substituents is 1. The Morgan fingerprint density at radius 3 is 2.62 bits per heavy atom. The molecule has 2 aromatic rings. The number of anilines is 2. The van der Waals surface area contributed by atoms with E-state index in [0.717, 1.165) is 43.6 Å². The van der Waals surface area contributed by atoms with Crippen molar-refractivity contribution in [2.24, 2.45) is 5.41 Å². The van der Waals surface area contributed by atoms with E-state index in [1.807, 2.05) is 18.0 Å². The predicted molar refractivity (Wildman–Crippen MR) is 170 cm³/mol. The van der Waals surface area contributed by atoms with E-state index in [1.54, 1.807) is 31.3 Å². The van der Waals surface area contributed by atoms with Gasteiger partial charge in [-0.25, -0.2) is 0 Å². The van der Waals surface area contributed by atoms with Crippen molar-refractivity contribution in [1.29, 1.82) is 0 Å². The molecule has 10 rings (SSSR count). The molecule has 5 fully saturated rings. The fourth-order valence-electron chi connectivity index (χ4n) is 11.9. The molecule has 11 nitrogen and oxygen atoms in total. The lowest BCUT2D eigenvalue weighted by molar-refractivity contribution is -0.206. The summed E-state index contributed by atoms with van der Waals surface area (Å²) in [5.41, 5.74) is -1.05. The van der Waals surface area contributed by atoms with E-state index in [-0.39, 0.29) is 35.9 Å². The predicted octanol–water partition coefficient (Wildman–Crippen LogP) is 3.17. The summed E-state index contributed by atoms with van der Waals surface area (Å²) in [6.45, 7) is 2.17. The summed E-state index contributed by atoms with van der Waals surface area (Å²) < 4.78 is 19.1. The monoisotopic (exact) mass is 638 g/mol. The Bertz CT molecular complexity index is 1890. The maximum absolute atomic E-state index is 15.5. The second-order valence-corrected chi connectivity index (χ2v) is 14.8. The van der Waals surface area contributed by atoms with Crippen LogP contribution in [0.2, 0.25) is 0 Å². The van der Waals surface area contributed by atoms with E-state index in [4.69, 9.17) is 14.2 Å². The first-order valence-corrected chi connectivity index (χ1v) is 16.8. The number of phenols is 1. The smallest absolute Gasteiger partial charge is 0.308 e. The Kier molecular flexibility index (Phi) is 5.05. The summed E-state index contributed by atoms with van der Waals surface area (Å²) in [7, 11) is 5.11. The number of nitrogens with one attached hydrogen (secondary N) is 1. The van der Waals surface area contributed by atoms with Crippen LogP contribution < -0.4 is 19.7 Å². The number of ether oxygens (including phenoxy) is 3. The number of nitrogens with zero attached hydrogens (tertiary/aromatic N) is 3. The summed E-state index contributed by atoms with van der Waals surface area (Å²) in [5, 5.41) is 15.2. The van der Waals surface area contributed by atoms with Crippen LogP contribution in [0.5, 0.6) is 17.2 Å². The number of esters is 1. The van der Waals surface area contributed by atoms with E-state index >= 15 is 4.79 Å². The number of Topliss-reactive ketones (excluding diaryl/α,β-unsaturated/α-hetero) is 1. The summed E-state index contributed by atoms with van der Waals surface area (Å²) >= 11 is 0. The SMILES string of the molecule is COc1c([C@@]23CCN(C)[C@]4(CCC(=O)N4c4c(O)cccc42)C3=O)cc2c(c1OC)N[C@@H]1C=C[C@@]34CCCN5CC[C@@]21[C@]53OC(=O)C4. The van der Waals surface area contributed by atoms with Gasteiger partial charge in [-0.1, -0.05) is 24.3 Å². The molecule has 47 heavy (non-hydrogen) atoms. The minimum atomic E-state index is -1.25. The number of carbonyl (C=O) groups is 3. The standard InChI is InChI=1S/C36H38N4O7/c1-38-16-13-33(20-6-4-7-23(41)28(20)40-25(42)9-12-35(38,40)31(33)44)22-18-21-27(30(46-3)29(22)45-2)37-24-8-11-32-10-5-15-39-17-14-34(21,24)36(32,39)47-26(43)19-32/h4,6-8,11,18,24,37,41H,5,9-10,12-17,19H2,1-3H3/t24-,32-,33-,34-,35+,36+/m1/s1. The lowest BCUT2D eigenvalue weighted by atomic mass is 9.53. The van der Waals surface area contributed by atoms with Crippen LogP contribution >= 0.6 is 0 Å². The molecule has 11 heteroatoms. The van der Waals surface area contributed by atoms with Gasteiger partial charge in [-0.05, 0) is 56.0 Å². The molecule has 7 heterocycles. The molecule has 8 aliphatic rings. The molecular weight excluding hydrogens is 600 g/mol. The number of hydrogen-bond donors (Lipinski definition) is 2. The maximum atomic E-state index is 15.5. The maximum Gasteiger partial charge on any atom is 0.308 e. The number of amides is 1. The Balaban J connectivity index is 1.30. The molecule has 1 amide bonds. The van der Waals surface area contributed by atoms with Crippen LogP contribution in [-0.2, 0) is 30.0 Å². The van der Waals surface area contributed by atoms with Gasteiger partial charge < -0.3 is 24.6 Å². The highest BCUT2D eigenvalue weighted by atomic mass is 16.6. The highest BCUT2D eigenvalue weighted by Gasteiger charge is 2.80. The van der Waals surface area contributed by atoms with E-state index in [0.29, 0.717) is 54.1 Å². The molecule has 2 aromatic carbocycles. The van der Waals surface area contributed by atoms with Crippen LogP contribution in [0.4, 0.5) is 11.4 Å². The van der Waals surface area contributed by atoms with Crippen molar-refractivity contribution in [3.63, 3.8) is 0 Å². The van der Waals surface area contributed by atoms with Crippen molar-refractivity contribution in [2.45, 2.75) is 73.2 Å². The van der Waals surface area contributed by atoms with Gasteiger partial charge >= 0.3 is 5.97 Å². The first-order chi connectivity index (χ1) is 22.7. The number of likely N-dealkylation sites (N-methyl/N-ethyl adjacent to an activating group) is 1. The van der Waals surface area contributed by atoms with Gasteiger partial charge in [-0.3, -0.25) is 29.1 Å². The number of carbonyl (C=O) groups excluding carboxylic acids is 3. The highest BCUT2D eigenvalue weighted by molar-refractivity contribution is 6.17. The number of likely N-dealkylation sites (tertiary alicyclic amines) is 1. The zero-order valence-electron chi connectivity index (χ0n) is 26.9. The van der Waals surface area contributed by atoms with Crippen molar-refractivity contribution in [1.82, 2.24) is 9.80 Å². The largest absolute Gasteiger partial charge is 0.506 e. The van der Waals surface area contributed by atoms with Crippen molar-refractivity contribution in [3.8, 4) is 17.2 Å². The number of fused-ring (bicyclic) bond motifs is 5. The van der Waals surface area contributed by atoms with Crippen LogP contribution in [0, 0.1) is 5.41 Å². The van der Waals surface area contributed by atoms with Crippen molar-refractivity contribution < 1.29 is 33.7 Å². The molecule has 7 aliphatic heterocycles. The quantitative estimate of drug-likeness (QED) is 0.383. The molecule has 1 aliphatic carbocycles. The molecule has 0 aromatic heterocycles. The molecule has 244 valence electrons. The number of hydrogen-bond acceptors (Lipinski definition) is 10. The van der Waals surface area contributed by atoms with E-state index in [1.165, 1.54) is 0 Å². The molecule has 6 atom stereocenters. The van der Waals surface area contributed by atoms with Crippen LogP contribution in [-0.4, -0.2) is 90.9 Å². The van der Waals surface area contributed by atoms with Crippen LogP contribution in [0.25, 0.3) is 0 Å². The van der Waals surface area contributed by atoms with Crippen LogP contribution in [0.1, 0.15) is 61.6 Å². The van der Waals surface area contributed by atoms with Gasteiger partial charge in [0.1, 0.15) is 5.75 Å². The van der Waals surface area contributed by atoms with Crippen molar-refractivity contribution in [3.05, 3.63) is 53.1 Å². The van der Waals surface area contributed by atoms with E-state index < -0.39 is 27.6 Å². The molecule has 0 unspecified atom stereocenters. The van der Waals surface area contributed by atoms with Crippen LogP contribution in [0.3, 0.4) is 0 Å². The fraction of sp³-hybridized carbons (Fsp3) is 0.528. The first kappa shape index (κ1) is 28.0. The van der Waals surface area contributed by atoms with Gasteiger partial charge in [-0.2, -0.15) is 0 Å². The lowest BCUT2D eigenvalue weighted by Gasteiger charge is -2.59. The minimum Gasteiger partial charge on any atom is -0.506 e. The lowest BCUT2D eigenvalue weighted by Crippen LogP contribution is -2.73. The van der Waals surface area contributed by atoms with Gasteiger partial charge in [0.2, 0.25) is 5.91 Å². The molecule has 0 radical (unpaired) electrons. The molecular formula is C36H38N4O7. The van der Waals surface area contributed by atoms with Gasteiger partial charge in [0.15, 0.2) is 28.7 Å². The highest BCUT2D eigenvalue weighted by Crippen LogP contribution is 2.72. The third-order valence-corrected chi connectivity index (χ3v) is 13.5. The second kappa shape index (κ2) is 8.49. The van der Waals surface area contributed by atoms with Crippen LogP contribution in [0.15, 0.2) is 36.4 Å². The van der Waals surface area contributed by atoms with Gasteiger partial charge in [0.25, 0.3) is 0 Å². The molecule has 0 saturated carbocycles. The zero-order chi connectivity index (χ0) is 32.3. The zero-order valence-corrected chi connectivity index (χ0v) is 26.9. The number of ketones is 1. The second-order valence-electron chi connectivity index (χ2n) is 14.8. The molecule has 5 saturated heterocycles. The normalized spacial score (nSPS) is 39.0. The molecule has 3 spiro atoms. The number of benzene rings is 2. The third kappa shape index (κ3) is 2.64. The van der Waals surface area contributed by atoms with Gasteiger partial charge in [0, 0.05) is 38.0 Å². The van der Waals surface area contributed by atoms with Gasteiger partial charge in [0.05, 0.1) is 54.3 Å². The summed E-state index contributed by atoms with van der Waals surface area (Å²) in [5.74, 6) is 0.463. The topological polar surface area (TPSA) is 121 Å². The summed E-state index contributed by atoms with van der Waals surface area (Å²) in [6.07, 6.45) is 8.37.